The molecule has 3 N–H and O–H groups in total. The molecule has 0 aliphatic heterocycles. The minimum absolute atomic E-state index is 0.0612. The van der Waals surface area contributed by atoms with Gasteiger partial charge >= 0.3 is 12.0 Å². The summed E-state index contributed by atoms with van der Waals surface area (Å²) in [5, 5.41) is 16.6. The van der Waals surface area contributed by atoms with Crippen molar-refractivity contribution in [2.24, 2.45) is 11.8 Å². The fourth-order valence-corrected chi connectivity index (χ4v) is 2.98. The van der Waals surface area contributed by atoms with Crippen LogP contribution in [0, 0.1) is 11.8 Å². The number of carbonyl (C=O) groups is 2. The molecule has 0 saturated heterocycles. The van der Waals surface area contributed by atoms with Gasteiger partial charge in [0.05, 0.1) is 12.5 Å². The van der Waals surface area contributed by atoms with E-state index in [9.17, 15) is 9.59 Å². The molecule has 0 bridgehead atoms. The van der Waals surface area contributed by atoms with Crippen molar-refractivity contribution in [1.29, 1.82) is 0 Å². The van der Waals surface area contributed by atoms with E-state index in [1.807, 2.05) is 45.2 Å². The van der Waals surface area contributed by atoms with E-state index in [1.54, 1.807) is 11.3 Å². The third-order valence-corrected chi connectivity index (χ3v) is 4.27. The summed E-state index contributed by atoms with van der Waals surface area (Å²) < 4.78 is 0. The number of carboxylic acid groups (broad SMARTS) is 1. The topological polar surface area (TPSA) is 78.4 Å². The first kappa shape index (κ1) is 17.5. The highest BCUT2D eigenvalue weighted by atomic mass is 32.1. The van der Waals surface area contributed by atoms with Gasteiger partial charge in [-0.25, -0.2) is 4.79 Å². The zero-order valence-corrected chi connectivity index (χ0v) is 13.7. The van der Waals surface area contributed by atoms with E-state index in [1.165, 1.54) is 0 Å². The number of urea groups is 1. The van der Waals surface area contributed by atoms with Gasteiger partial charge in [-0.05, 0) is 23.3 Å². The first-order valence-corrected chi connectivity index (χ1v) is 8.01. The lowest BCUT2D eigenvalue weighted by Crippen LogP contribution is -2.47. The molecule has 2 unspecified atom stereocenters. The van der Waals surface area contributed by atoms with E-state index in [2.05, 4.69) is 10.6 Å². The van der Waals surface area contributed by atoms with E-state index in [0.717, 1.165) is 4.88 Å². The summed E-state index contributed by atoms with van der Waals surface area (Å²) in [5.41, 5.74) is 0. The molecule has 2 amide bonds. The van der Waals surface area contributed by atoms with Crippen molar-refractivity contribution in [2.45, 2.75) is 46.2 Å². The second-order valence-corrected chi connectivity index (χ2v) is 6.78. The van der Waals surface area contributed by atoms with Crippen LogP contribution in [-0.4, -0.2) is 23.1 Å². The summed E-state index contributed by atoms with van der Waals surface area (Å²) in [6, 6.07) is 3.19. The van der Waals surface area contributed by atoms with Crippen molar-refractivity contribution >= 4 is 23.3 Å². The zero-order valence-electron chi connectivity index (χ0n) is 12.9. The summed E-state index contributed by atoms with van der Waals surface area (Å²) in [6.07, 6.45) is -0.0730. The zero-order chi connectivity index (χ0) is 16.0. The maximum atomic E-state index is 12.1. The van der Waals surface area contributed by atoms with Crippen LogP contribution < -0.4 is 10.6 Å². The Morgan fingerprint density at radius 3 is 2.29 bits per heavy atom. The van der Waals surface area contributed by atoms with E-state index in [-0.39, 0.29) is 36.4 Å². The van der Waals surface area contributed by atoms with Gasteiger partial charge in [0.2, 0.25) is 0 Å². The Labute approximate surface area is 129 Å². The Kier molecular flexibility index (Phi) is 6.68. The smallest absolute Gasteiger partial charge is 0.315 e. The molecule has 1 aromatic heterocycles. The van der Waals surface area contributed by atoms with Crippen LogP contribution in [0.3, 0.4) is 0 Å². The number of amides is 2. The molecule has 1 heterocycles. The Hall–Kier alpha value is -1.56. The van der Waals surface area contributed by atoms with Gasteiger partial charge in [-0.15, -0.1) is 11.3 Å². The monoisotopic (exact) mass is 312 g/mol. The number of hydrogen-bond acceptors (Lipinski definition) is 3. The summed E-state index contributed by atoms with van der Waals surface area (Å²) in [5.74, 6) is -0.592. The van der Waals surface area contributed by atoms with Crippen LogP contribution in [-0.2, 0) is 4.79 Å². The van der Waals surface area contributed by atoms with Crippen molar-refractivity contribution in [3.63, 3.8) is 0 Å². The number of carbonyl (C=O) groups excluding carboxylic acids is 1. The lowest BCUT2D eigenvalue weighted by molar-refractivity contribution is -0.137. The molecular formula is C15H24N2O3S. The molecule has 6 heteroatoms. The van der Waals surface area contributed by atoms with E-state index in [4.69, 9.17) is 5.11 Å². The predicted octanol–water partition coefficient (Wildman–Crippen LogP) is 3.24. The highest BCUT2D eigenvalue weighted by Gasteiger charge is 2.23. The second kappa shape index (κ2) is 8.02. The van der Waals surface area contributed by atoms with Crippen molar-refractivity contribution < 1.29 is 14.7 Å². The van der Waals surface area contributed by atoms with Gasteiger partial charge < -0.3 is 15.7 Å². The molecule has 0 radical (unpaired) electrons. The fraction of sp³-hybridized carbons (Fsp3) is 0.600. The van der Waals surface area contributed by atoms with Gasteiger partial charge in [0.1, 0.15) is 0 Å². The SMILES string of the molecule is CC(C)C(CC(=O)O)NC(=O)NC(c1cccs1)C(C)C. The van der Waals surface area contributed by atoms with Crippen LogP contribution >= 0.6 is 11.3 Å². The molecule has 0 saturated carbocycles. The number of thiophene rings is 1. The van der Waals surface area contributed by atoms with E-state index < -0.39 is 5.97 Å². The van der Waals surface area contributed by atoms with Crippen molar-refractivity contribution in [3.05, 3.63) is 22.4 Å². The lowest BCUT2D eigenvalue weighted by atomic mass is 10.0. The molecule has 0 aromatic carbocycles. The Balaban J connectivity index is 2.67. The summed E-state index contributed by atoms with van der Waals surface area (Å²) >= 11 is 1.60. The molecule has 0 fully saturated rings. The molecule has 118 valence electrons. The minimum Gasteiger partial charge on any atom is -0.481 e. The van der Waals surface area contributed by atoms with Crippen LogP contribution in [0.25, 0.3) is 0 Å². The van der Waals surface area contributed by atoms with Gasteiger partial charge in [-0.3, -0.25) is 4.79 Å². The molecule has 0 aliphatic carbocycles. The van der Waals surface area contributed by atoms with Crippen LogP contribution in [0.15, 0.2) is 17.5 Å². The highest BCUT2D eigenvalue weighted by molar-refractivity contribution is 7.10. The molecule has 0 aliphatic rings. The Morgan fingerprint density at radius 2 is 1.86 bits per heavy atom. The maximum absolute atomic E-state index is 12.1. The van der Waals surface area contributed by atoms with E-state index in [0.29, 0.717) is 0 Å². The number of carboxylic acids is 1. The summed E-state index contributed by atoms with van der Waals surface area (Å²) in [7, 11) is 0. The minimum atomic E-state index is -0.910. The summed E-state index contributed by atoms with van der Waals surface area (Å²) in [6.45, 7) is 7.88. The van der Waals surface area contributed by atoms with Gasteiger partial charge in [-0.2, -0.15) is 0 Å². The molecule has 0 spiro atoms. The number of rotatable bonds is 7. The molecule has 21 heavy (non-hydrogen) atoms. The fourth-order valence-electron chi connectivity index (χ4n) is 2.03. The third kappa shape index (κ3) is 5.75. The third-order valence-electron chi connectivity index (χ3n) is 3.32. The highest BCUT2D eigenvalue weighted by Crippen LogP contribution is 2.25. The molecular weight excluding hydrogens is 288 g/mol. The number of hydrogen-bond donors (Lipinski definition) is 3. The van der Waals surface area contributed by atoms with Crippen LogP contribution in [0.5, 0.6) is 0 Å². The lowest BCUT2D eigenvalue weighted by Gasteiger charge is -2.25. The van der Waals surface area contributed by atoms with Gasteiger partial charge in [0, 0.05) is 10.9 Å². The van der Waals surface area contributed by atoms with Gasteiger partial charge in [0.15, 0.2) is 0 Å². The first-order chi connectivity index (χ1) is 9.81. The van der Waals surface area contributed by atoms with Gasteiger partial charge in [-0.1, -0.05) is 33.8 Å². The quantitative estimate of drug-likeness (QED) is 0.723. The van der Waals surface area contributed by atoms with Crippen LogP contribution in [0.2, 0.25) is 0 Å². The number of nitrogens with one attached hydrogen (secondary N) is 2. The first-order valence-electron chi connectivity index (χ1n) is 7.13. The van der Waals surface area contributed by atoms with Gasteiger partial charge in [0.25, 0.3) is 0 Å². The van der Waals surface area contributed by atoms with Crippen LogP contribution in [0.4, 0.5) is 4.79 Å². The van der Waals surface area contributed by atoms with E-state index >= 15 is 0 Å². The van der Waals surface area contributed by atoms with Crippen molar-refractivity contribution in [1.82, 2.24) is 10.6 Å². The molecule has 1 aromatic rings. The maximum Gasteiger partial charge on any atom is 0.315 e. The van der Waals surface area contributed by atoms with Crippen molar-refractivity contribution in [2.75, 3.05) is 0 Å². The molecule has 1 rings (SSSR count). The average molecular weight is 312 g/mol. The Bertz CT molecular complexity index is 457. The average Bonchev–Trinajstić information content (AvgIpc) is 2.87. The second-order valence-electron chi connectivity index (χ2n) is 5.80. The van der Waals surface area contributed by atoms with Crippen molar-refractivity contribution in [3.8, 4) is 0 Å². The molecule has 2 atom stereocenters. The predicted molar refractivity (Wildman–Crippen MR) is 84.4 cm³/mol. The Morgan fingerprint density at radius 1 is 1.19 bits per heavy atom. The largest absolute Gasteiger partial charge is 0.481 e. The number of aliphatic carboxylic acids is 1. The van der Waals surface area contributed by atoms with Crippen LogP contribution in [0.1, 0.15) is 45.0 Å². The normalized spacial score (nSPS) is 14.0. The summed E-state index contributed by atoms with van der Waals surface area (Å²) in [4.78, 5) is 24.1. The standard InChI is InChI=1S/C15H24N2O3S/c1-9(2)11(8-13(18)19)16-15(20)17-14(10(3)4)12-6-5-7-21-12/h5-7,9-11,14H,8H2,1-4H3,(H,18,19)(H2,16,17,20). The molecule has 5 nitrogen and oxygen atoms in total.